The fourth-order valence-electron chi connectivity index (χ4n) is 3.03. The van der Waals surface area contributed by atoms with Gasteiger partial charge in [-0.1, -0.05) is 32.6 Å². The van der Waals surface area contributed by atoms with E-state index in [4.69, 9.17) is 10.00 Å². The molecule has 0 heterocycles. The lowest BCUT2D eigenvalue weighted by molar-refractivity contribution is 0.173. The first-order valence-electron chi connectivity index (χ1n) is 7.66. The Morgan fingerprint density at radius 3 is 2.43 bits per heavy atom. The zero-order valence-corrected chi connectivity index (χ0v) is 12.4. The standard InChI is InChI=1S/C17H21F2NO/c1-2-3-12-4-6-13(7-5-12)11-21-15-9-8-14(10-20)16(18)17(15)19/h8-9,12-13H,2-7,11H2,1H3/t12-,13-. The van der Waals surface area contributed by atoms with Gasteiger partial charge in [0.15, 0.2) is 11.6 Å². The Morgan fingerprint density at radius 2 is 1.81 bits per heavy atom. The molecule has 0 unspecified atom stereocenters. The van der Waals surface area contributed by atoms with E-state index >= 15 is 0 Å². The molecule has 0 saturated heterocycles. The van der Waals surface area contributed by atoms with Gasteiger partial charge in [0, 0.05) is 0 Å². The minimum atomic E-state index is -1.12. The van der Waals surface area contributed by atoms with Crippen molar-refractivity contribution in [2.24, 2.45) is 11.8 Å². The van der Waals surface area contributed by atoms with Gasteiger partial charge < -0.3 is 4.74 Å². The molecular weight excluding hydrogens is 272 g/mol. The van der Waals surface area contributed by atoms with Gasteiger partial charge in [-0.2, -0.15) is 9.65 Å². The van der Waals surface area contributed by atoms with E-state index in [2.05, 4.69) is 6.92 Å². The predicted molar refractivity (Wildman–Crippen MR) is 76.9 cm³/mol. The summed E-state index contributed by atoms with van der Waals surface area (Å²) in [6, 6.07) is 4.20. The third-order valence-corrected chi connectivity index (χ3v) is 4.31. The minimum Gasteiger partial charge on any atom is -0.490 e. The summed E-state index contributed by atoms with van der Waals surface area (Å²) < 4.78 is 32.6. The summed E-state index contributed by atoms with van der Waals surface area (Å²) >= 11 is 0. The van der Waals surface area contributed by atoms with Crippen molar-refractivity contribution in [3.8, 4) is 11.8 Å². The number of ether oxygens (including phenoxy) is 1. The van der Waals surface area contributed by atoms with Gasteiger partial charge in [-0.25, -0.2) is 4.39 Å². The second-order valence-corrected chi connectivity index (χ2v) is 5.84. The zero-order valence-electron chi connectivity index (χ0n) is 12.4. The number of nitrogens with zero attached hydrogens (tertiary/aromatic N) is 1. The van der Waals surface area contributed by atoms with Crippen molar-refractivity contribution in [2.75, 3.05) is 6.61 Å². The lowest BCUT2D eigenvalue weighted by Crippen LogP contribution is -2.20. The van der Waals surface area contributed by atoms with Crippen LogP contribution in [0.5, 0.6) is 5.75 Å². The summed E-state index contributed by atoms with van der Waals surface area (Å²) in [5.41, 5.74) is -0.292. The Balaban J connectivity index is 1.87. The van der Waals surface area contributed by atoms with E-state index in [9.17, 15) is 8.78 Å². The van der Waals surface area contributed by atoms with Gasteiger partial charge in [-0.3, -0.25) is 0 Å². The van der Waals surface area contributed by atoms with Crippen LogP contribution in [0.3, 0.4) is 0 Å². The lowest BCUT2D eigenvalue weighted by Gasteiger charge is -2.28. The van der Waals surface area contributed by atoms with E-state index in [1.165, 1.54) is 37.8 Å². The molecule has 0 amide bonds. The SMILES string of the molecule is CCC[C@H]1CC[C@H](COc2ccc(C#N)c(F)c2F)CC1. The van der Waals surface area contributed by atoms with Gasteiger partial charge in [0.05, 0.1) is 12.2 Å². The third kappa shape index (κ3) is 3.93. The summed E-state index contributed by atoms with van der Waals surface area (Å²) in [5.74, 6) is -1.05. The van der Waals surface area contributed by atoms with Crippen molar-refractivity contribution >= 4 is 0 Å². The normalized spacial score (nSPS) is 21.8. The molecule has 0 aromatic heterocycles. The van der Waals surface area contributed by atoms with Gasteiger partial charge in [0.25, 0.3) is 0 Å². The Kier molecular flexibility index (Phi) is 5.55. The van der Waals surface area contributed by atoms with Gasteiger partial charge in [-0.05, 0) is 36.8 Å². The molecule has 114 valence electrons. The van der Waals surface area contributed by atoms with E-state index in [0.29, 0.717) is 12.5 Å². The van der Waals surface area contributed by atoms with Gasteiger partial charge in [-0.15, -0.1) is 0 Å². The summed E-state index contributed by atoms with van der Waals surface area (Å²) in [6.45, 7) is 2.62. The first-order chi connectivity index (χ1) is 10.2. The summed E-state index contributed by atoms with van der Waals surface area (Å²) in [6.07, 6.45) is 7.08. The molecule has 1 saturated carbocycles. The van der Waals surface area contributed by atoms with Gasteiger partial charge in [0.1, 0.15) is 6.07 Å². The van der Waals surface area contributed by atoms with Crippen molar-refractivity contribution in [1.82, 2.24) is 0 Å². The first-order valence-corrected chi connectivity index (χ1v) is 7.66. The van der Waals surface area contributed by atoms with Crippen molar-refractivity contribution < 1.29 is 13.5 Å². The molecular formula is C17H21F2NO. The van der Waals surface area contributed by atoms with Crippen LogP contribution in [0.1, 0.15) is 51.0 Å². The number of nitriles is 1. The van der Waals surface area contributed by atoms with Crippen LogP contribution in [0.25, 0.3) is 0 Å². The number of hydrogen-bond donors (Lipinski definition) is 0. The molecule has 21 heavy (non-hydrogen) atoms. The molecule has 0 bridgehead atoms. The van der Waals surface area contributed by atoms with Crippen LogP contribution >= 0.6 is 0 Å². The molecule has 1 aliphatic rings. The highest BCUT2D eigenvalue weighted by atomic mass is 19.2. The topological polar surface area (TPSA) is 33.0 Å². The second-order valence-electron chi connectivity index (χ2n) is 5.84. The summed E-state index contributed by atoms with van der Waals surface area (Å²) in [4.78, 5) is 0. The van der Waals surface area contributed by atoms with Crippen molar-refractivity contribution in [3.63, 3.8) is 0 Å². The van der Waals surface area contributed by atoms with E-state index in [1.807, 2.05) is 0 Å². The molecule has 2 rings (SSSR count). The monoisotopic (exact) mass is 293 g/mol. The summed E-state index contributed by atoms with van der Waals surface area (Å²) in [7, 11) is 0. The van der Waals surface area contributed by atoms with E-state index in [0.717, 1.165) is 18.8 Å². The maximum atomic E-state index is 13.7. The maximum absolute atomic E-state index is 13.7. The molecule has 1 aromatic carbocycles. The Labute approximate surface area is 124 Å². The number of benzene rings is 1. The molecule has 0 spiro atoms. The smallest absolute Gasteiger partial charge is 0.201 e. The van der Waals surface area contributed by atoms with Crippen LogP contribution in [0.15, 0.2) is 12.1 Å². The third-order valence-electron chi connectivity index (χ3n) is 4.31. The fraction of sp³-hybridized carbons (Fsp3) is 0.588. The molecule has 4 heteroatoms. The highest BCUT2D eigenvalue weighted by Crippen LogP contribution is 2.32. The van der Waals surface area contributed by atoms with Gasteiger partial charge in [0.2, 0.25) is 5.82 Å². The van der Waals surface area contributed by atoms with Crippen LogP contribution < -0.4 is 4.74 Å². The minimum absolute atomic E-state index is 0.0952. The van der Waals surface area contributed by atoms with Crippen LogP contribution in [-0.4, -0.2) is 6.61 Å². The van der Waals surface area contributed by atoms with Crippen LogP contribution in [-0.2, 0) is 0 Å². The quantitative estimate of drug-likeness (QED) is 0.779. The zero-order chi connectivity index (χ0) is 15.2. The van der Waals surface area contributed by atoms with Crippen molar-refractivity contribution in [3.05, 3.63) is 29.3 Å². The second kappa shape index (κ2) is 7.40. The van der Waals surface area contributed by atoms with E-state index in [1.54, 1.807) is 6.07 Å². The van der Waals surface area contributed by atoms with Gasteiger partial charge >= 0.3 is 0 Å². The fourth-order valence-corrected chi connectivity index (χ4v) is 3.03. The largest absolute Gasteiger partial charge is 0.490 e. The average molecular weight is 293 g/mol. The van der Waals surface area contributed by atoms with Crippen molar-refractivity contribution in [2.45, 2.75) is 45.4 Å². The molecule has 1 aromatic rings. The van der Waals surface area contributed by atoms with Crippen LogP contribution in [0.4, 0.5) is 8.78 Å². The molecule has 1 aliphatic carbocycles. The van der Waals surface area contributed by atoms with E-state index < -0.39 is 11.6 Å². The predicted octanol–water partition coefficient (Wildman–Crippen LogP) is 4.82. The molecule has 0 aliphatic heterocycles. The van der Waals surface area contributed by atoms with Crippen LogP contribution in [0, 0.1) is 34.8 Å². The maximum Gasteiger partial charge on any atom is 0.201 e. The highest BCUT2D eigenvalue weighted by Gasteiger charge is 2.22. The molecule has 1 fully saturated rings. The van der Waals surface area contributed by atoms with Crippen LogP contribution in [0.2, 0.25) is 0 Å². The molecule has 2 nitrogen and oxygen atoms in total. The molecule has 0 N–H and O–H groups in total. The summed E-state index contributed by atoms with van der Waals surface area (Å²) in [5, 5.41) is 8.64. The molecule has 0 atom stereocenters. The Bertz CT molecular complexity index is 516. The average Bonchev–Trinajstić information content (AvgIpc) is 2.50. The lowest BCUT2D eigenvalue weighted by atomic mass is 9.80. The number of hydrogen-bond acceptors (Lipinski definition) is 2. The van der Waals surface area contributed by atoms with E-state index in [-0.39, 0.29) is 11.3 Å². The first kappa shape index (κ1) is 15.8. The van der Waals surface area contributed by atoms with Crippen molar-refractivity contribution in [1.29, 1.82) is 5.26 Å². The number of halogens is 2. The Hall–Kier alpha value is -1.63. The molecule has 0 radical (unpaired) electrons. The Morgan fingerprint density at radius 1 is 1.14 bits per heavy atom. The number of rotatable bonds is 5. The highest BCUT2D eigenvalue weighted by molar-refractivity contribution is 5.37.